The molecule has 1 aromatic carbocycles. The van der Waals surface area contributed by atoms with E-state index in [1.165, 1.54) is 17.0 Å². The Labute approximate surface area is 142 Å². The third-order valence-electron chi connectivity index (χ3n) is 4.67. The molecule has 0 saturated carbocycles. The van der Waals surface area contributed by atoms with Crippen LogP contribution in [0.15, 0.2) is 18.2 Å². The molecular weight excluding hydrogens is 331 g/mol. The lowest BCUT2D eigenvalue weighted by Crippen LogP contribution is -2.47. The summed E-state index contributed by atoms with van der Waals surface area (Å²) in [7, 11) is 0. The van der Waals surface area contributed by atoms with E-state index in [4.69, 9.17) is 0 Å². The van der Waals surface area contributed by atoms with Gasteiger partial charge in [0.1, 0.15) is 17.2 Å². The first-order chi connectivity index (χ1) is 11.5. The second-order valence-electron chi connectivity index (χ2n) is 6.11. The predicted molar refractivity (Wildman–Crippen MR) is 89.1 cm³/mol. The number of urea groups is 1. The molecule has 1 aromatic heterocycles. The van der Waals surface area contributed by atoms with Crippen molar-refractivity contribution < 1.29 is 14.0 Å². The Bertz CT molecular complexity index is 844. The fraction of sp³-hybridized carbons (Fsp3) is 0.438. The number of fused-ring (bicyclic) bond motifs is 1. The van der Waals surface area contributed by atoms with Crippen LogP contribution in [-0.2, 0) is 17.9 Å². The summed E-state index contributed by atoms with van der Waals surface area (Å²) >= 11 is 1.67. The molecule has 2 saturated heterocycles. The van der Waals surface area contributed by atoms with Gasteiger partial charge in [-0.05, 0) is 31.2 Å². The molecule has 8 heteroatoms. The number of aryl methyl sites for hydroxylation is 1. The minimum absolute atomic E-state index is 0.0984. The van der Waals surface area contributed by atoms with Gasteiger partial charge >= 0.3 is 6.03 Å². The summed E-state index contributed by atoms with van der Waals surface area (Å²) in [4.78, 5) is 30.7. The number of halogens is 1. The Morgan fingerprint density at radius 3 is 2.96 bits per heavy atom. The van der Waals surface area contributed by atoms with E-state index < -0.39 is 5.54 Å². The van der Waals surface area contributed by atoms with Crippen molar-refractivity contribution in [2.24, 2.45) is 0 Å². The Hall–Kier alpha value is -2.09. The van der Waals surface area contributed by atoms with Gasteiger partial charge in [0.15, 0.2) is 0 Å². The number of imide groups is 1. The van der Waals surface area contributed by atoms with Crippen molar-refractivity contribution in [2.45, 2.75) is 32.0 Å². The van der Waals surface area contributed by atoms with E-state index in [0.29, 0.717) is 30.1 Å². The highest BCUT2D eigenvalue weighted by atomic mass is 32.2. The molecule has 3 amide bonds. The molecule has 126 valence electrons. The average molecular weight is 348 g/mol. The zero-order valence-electron chi connectivity index (χ0n) is 13.2. The van der Waals surface area contributed by atoms with Crippen LogP contribution in [0.4, 0.5) is 9.18 Å². The molecule has 0 aliphatic carbocycles. The SMILES string of the molecule is CCn1c(CN2C(=O)NC3(CCSC3)C2=O)nc2cc(F)ccc21. The van der Waals surface area contributed by atoms with E-state index in [0.717, 1.165) is 11.3 Å². The van der Waals surface area contributed by atoms with Crippen molar-refractivity contribution in [3.05, 3.63) is 29.8 Å². The first kappa shape index (κ1) is 15.4. The number of carbonyl (C=O) groups excluding carboxylic acids is 2. The standard InChI is InChI=1S/C16H17FN4O2S/c1-2-20-12-4-3-10(17)7-11(12)18-13(20)8-21-14(22)16(19-15(21)23)5-6-24-9-16/h3-4,7H,2,5-6,8-9H2,1H3,(H,19,23). The second-order valence-corrected chi connectivity index (χ2v) is 7.22. The van der Waals surface area contributed by atoms with E-state index >= 15 is 0 Å². The van der Waals surface area contributed by atoms with Crippen molar-refractivity contribution in [2.75, 3.05) is 11.5 Å². The second kappa shape index (κ2) is 5.47. The summed E-state index contributed by atoms with van der Waals surface area (Å²) in [6.45, 7) is 2.68. The van der Waals surface area contributed by atoms with Crippen molar-refractivity contribution in [1.29, 1.82) is 0 Å². The lowest BCUT2D eigenvalue weighted by Gasteiger charge is -2.19. The summed E-state index contributed by atoms with van der Waals surface area (Å²) < 4.78 is 15.3. The molecule has 0 radical (unpaired) electrons. The van der Waals surface area contributed by atoms with Gasteiger partial charge in [0.2, 0.25) is 0 Å². The average Bonchev–Trinajstić information content (AvgIpc) is 3.21. The van der Waals surface area contributed by atoms with Gasteiger partial charge in [0.25, 0.3) is 5.91 Å². The molecule has 2 fully saturated rings. The van der Waals surface area contributed by atoms with Crippen LogP contribution in [-0.4, -0.2) is 43.4 Å². The molecule has 3 heterocycles. The van der Waals surface area contributed by atoms with Crippen LogP contribution in [0.3, 0.4) is 0 Å². The number of rotatable bonds is 3. The summed E-state index contributed by atoms with van der Waals surface area (Å²) in [5.41, 5.74) is 0.578. The molecule has 24 heavy (non-hydrogen) atoms. The van der Waals surface area contributed by atoms with Crippen LogP contribution in [0, 0.1) is 5.82 Å². The largest absolute Gasteiger partial charge is 0.327 e. The highest BCUT2D eigenvalue weighted by Gasteiger charge is 2.53. The topological polar surface area (TPSA) is 67.2 Å². The molecule has 2 aromatic rings. The van der Waals surface area contributed by atoms with Gasteiger partial charge in [-0.3, -0.25) is 9.69 Å². The fourth-order valence-corrected chi connectivity index (χ4v) is 4.75. The van der Waals surface area contributed by atoms with E-state index in [2.05, 4.69) is 10.3 Å². The maximum absolute atomic E-state index is 13.4. The van der Waals surface area contributed by atoms with E-state index in [-0.39, 0.29) is 24.3 Å². The van der Waals surface area contributed by atoms with Crippen LogP contribution in [0.25, 0.3) is 11.0 Å². The van der Waals surface area contributed by atoms with Gasteiger partial charge in [-0.2, -0.15) is 11.8 Å². The minimum Gasteiger partial charge on any atom is -0.327 e. The smallest absolute Gasteiger partial charge is 0.325 e. The van der Waals surface area contributed by atoms with Crippen molar-refractivity contribution in [3.63, 3.8) is 0 Å². The van der Waals surface area contributed by atoms with Crippen LogP contribution < -0.4 is 5.32 Å². The van der Waals surface area contributed by atoms with Crippen molar-refractivity contribution >= 4 is 34.7 Å². The number of nitrogens with one attached hydrogen (secondary N) is 1. The van der Waals surface area contributed by atoms with Crippen LogP contribution >= 0.6 is 11.8 Å². The molecular formula is C16H17FN4O2S. The summed E-state index contributed by atoms with van der Waals surface area (Å²) in [6.07, 6.45) is 0.661. The number of aromatic nitrogens is 2. The van der Waals surface area contributed by atoms with Gasteiger partial charge < -0.3 is 9.88 Å². The number of amides is 3. The number of thioether (sulfide) groups is 1. The first-order valence-electron chi connectivity index (χ1n) is 7.90. The Balaban J connectivity index is 1.69. The number of carbonyl (C=O) groups is 2. The lowest BCUT2D eigenvalue weighted by molar-refractivity contribution is -0.131. The number of imidazole rings is 1. The molecule has 2 aliphatic rings. The molecule has 1 spiro atoms. The maximum atomic E-state index is 13.4. The molecule has 2 aliphatic heterocycles. The number of hydrogen-bond donors (Lipinski definition) is 1. The van der Waals surface area contributed by atoms with Gasteiger partial charge in [-0.1, -0.05) is 0 Å². The number of hydrogen-bond acceptors (Lipinski definition) is 4. The van der Waals surface area contributed by atoms with E-state index in [1.807, 2.05) is 11.5 Å². The fourth-order valence-electron chi connectivity index (χ4n) is 3.42. The Kier molecular flexibility index (Phi) is 3.52. The normalized spacial score (nSPS) is 23.7. The highest BCUT2D eigenvalue weighted by Crippen LogP contribution is 2.34. The maximum Gasteiger partial charge on any atom is 0.325 e. The predicted octanol–water partition coefficient (Wildman–Crippen LogP) is 2.12. The summed E-state index contributed by atoms with van der Waals surface area (Å²) in [5.74, 6) is 1.53. The third kappa shape index (κ3) is 2.20. The van der Waals surface area contributed by atoms with Crippen LogP contribution in [0.1, 0.15) is 19.2 Å². The molecule has 1 N–H and O–H groups in total. The monoisotopic (exact) mass is 348 g/mol. The van der Waals surface area contributed by atoms with Crippen LogP contribution in [0.5, 0.6) is 0 Å². The summed E-state index contributed by atoms with van der Waals surface area (Å²) in [6, 6.07) is 4.05. The molecule has 1 unspecified atom stereocenters. The molecule has 1 atom stereocenters. The van der Waals surface area contributed by atoms with Gasteiger partial charge in [0.05, 0.1) is 17.6 Å². The molecule has 4 rings (SSSR count). The van der Waals surface area contributed by atoms with Gasteiger partial charge in [-0.15, -0.1) is 0 Å². The van der Waals surface area contributed by atoms with Gasteiger partial charge in [0, 0.05) is 18.4 Å². The van der Waals surface area contributed by atoms with E-state index in [1.54, 1.807) is 17.8 Å². The zero-order valence-corrected chi connectivity index (χ0v) is 14.0. The summed E-state index contributed by atoms with van der Waals surface area (Å²) in [5, 5.41) is 2.85. The van der Waals surface area contributed by atoms with Crippen LogP contribution in [0.2, 0.25) is 0 Å². The molecule has 0 bridgehead atoms. The number of nitrogens with zero attached hydrogens (tertiary/aromatic N) is 3. The Morgan fingerprint density at radius 2 is 2.25 bits per heavy atom. The quantitative estimate of drug-likeness (QED) is 0.863. The zero-order chi connectivity index (χ0) is 16.9. The van der Waals surface area contributed by atoms with E-state index in [9.17, 15) is 14.0 Å². The molecule has 6 nitrogen and oxygen atoms in total. The van der Waals surface area contributed by atoms with Crippen molar-refractivity contribution in [1.82, 2.24) is 19.8 Å². The first-order valence-corrected chi connectivity index (χ1v) is 9.06. The third-order valence-corrected chi connectivity index (χ3v) is 5.86. The number of benzene rings is 1. The van der Waals surface area contributed by atoms with Gasteiger partial charge in [-0.25, -0.2) is 14.2 Å². The Morgan fingerprint density at radius 1 is 1.42 bits per heavy atom. The van der Waals surface area contributed by atoms with Crippen molar-refractivity contribution in [3.8, 4) is 0 Å². The minimum atomic E-state index is -0.753. The lowest BCUT2D eigenvalue weighted by atomic mass is 9.99. The highest BCUT2D eigenvalue weighted by molar-refractivity contribution is 7.99.